The summed E-state index contributed by atoms with van der Waals surface area (Å²) < 4.78 is 5.56. The van der Waals surface area contributed by atoms with Gasteiger partial charge in [-0.3, -0.25) is 14.4 Å². The lowest BCUT2D eigenvalue weighted by Crippen LogP contribution is -2.40. The number of carbonyl (C=O) groups is 3. The molecule has 1 aliphatic carbocycles. The minimum atomic E-state index is -0.755. The quantitative estimate of drug-likeness (QED) is 0.808. The number of ether oxygens (including phenoxy) is 1. The first kappa shape index (κ1) is 18.2. The second-order valence-corrected chi connectivity index (χ2v) is 6.89. The number of nitrogens with one attached hydrogen (secondary N) is 1. The molecule has 26 heavy (non-hydrogen) atoms. The number of nitrogens with zero attached hydrogens (tertiary/aromatic N) is 1. The van der Waals surface area contributed by atoms with Gasteiger partial charge in [0.05, 0.1) is 5.92 Å². The lowest BCUT2D eigenvalue weighted by Gasteiger charge is -2.26. The van der Waals surface area contributed by atoms with Crippen LogP contribution in [0.5, 0.6) is 5.75 Å². The summed E-state index contributed by atoms with van der Waals surface area (Å²) in [5.41, 5.74) is 0.789. The van der Waals surface area contributed by atoms with Crippen molar-refractivity contribution in [1.29, 1.82) is 0 Å². The van der Waals surface area contributed by atoms with Gasteiger partial charge in [-0.05, 0) is 44.2 Å². The molecule has 1 aromatic rings. The molecule has 2 aliphatic rings. The lowest BCUT2D eigenvalue weighted by atomic mass is 9.86. The molecule has 7 heteroatoms. The molecule has 1 saturated carbocycles. The fourth-order valence-corrected chi connectivity index (χ4v) is 3.57. The van der Waals surface area contributed by atoms with Crippen LogP contribution in [-0.2, 0) is 14.4 Å². The molecule has 1 saturated heterocycles. The van der Waals surface area contributed by atoms with Gasteiger partial charge < -0.3 is 20.1 Å². The summed E-state index contributed by atoms with van der Waals surface area (Å²) in [6.07, 6.45) is 3.96. The average molecular weight is 360 g/mol. The molecule has 0 spiro atoms. The molecular formula is C19H24N2O5. The zero-order valence-corrected chi connectivity index (χ0v) is 14.6. The van der Waals surface area contributed by atoms with E-state index in [2.05, 4.69) is 5.32 Å². The van der Waals surface area contributed by atoms with Crippen molar-refractivity contribution >= 4 is 23.5 Å². The summed E-state index contributed by atoms with van der Waals surface area (Å²) in [7, 11) is 0. The highest BCUT2D eigenvalue weighted by atomic mass is 16.5. The second-order valence-electron chi connectivity index (χ2n) is 6.89. The second kappa shape index (κ2) is 8.21. The lowest BCUT2D eigenvalue weighted by molar-refractivity contribution is -0.142. The van der Waals surface area contributed by atoms with Crippen LogP contribution in [0.2, 0.25) is 0 Å². The molecule has 0 aromatic heterocycles. The molecule has 0 bridgehead atoms. The highest BCUT2D eigenvalue weighted by Gasteiger charge is 2.26. The highest BCUT2D eigenvalue weighted by molar-refractivity contribution is 5.95. The topological polar surface area (TPSA) is 95.9 Å². The molecule has 0 radical (unpaired) electrons. The zero-order valence-electron chi connectivity index (χ0n) is 14.6. The van der Waals surface area contributed by atoms with Crippen molar-refractivity contribution in [2.45, 2.75) is 44.6 Å². The largest absolute Gasteiger partial charge is 0.484 e. The number of hydrogen-bond donors (Lipinski definition) is 2. The summed E-state index contributed by atoms with van der Waals surface area (Å²) >= 11 is 0. The Morgan fingerprint density at radius 3 is 2.65 bits per heavy atom. The normalized spacial score (nSPS) is 22.9. The molecule has 2 N–H and O–H groups in total. The van der Waals surface area contributed by atoms with Crippen molar-refractivity contribution in [3.63, 3.8) is 0 Å². The summed E-state index contributed by atoms with van der Waals surface area (Å²) in [5.74, 6) is -0.611. The predicted octanol–water partition coefficient (Wildman–Crippen LogP) is 1.95. The summed E-state index contributed by atoms with van der Waals surface area (Å²) in [4.78, 5) is 36.6. The number of carboxylic acids is 1. The summed E-state index contributed by atoms with van der Waals surface area (Å²) in [6.45, 7) is 0.609. The van der Waals surface area contributed by atoms with Crippen molar-refractivity contribution in [2.75, 3.05) is 18.1 Å². The van der Waals surface area contributed by atoms with Crippen LogP contribution in [0.1, 0.15) is 38.5 Å². The highest BCUT2D eigenvalue weighted by Crippen LogP contribution is 2.26. The van der Waals surface area contributed by atoms with Crippen LogP contribution < -0.4 is 15.0 Å². The van der Waals surface area contributed by atoms with Gasteiger partial charge in [0, 0.05) is 30.8 Å². The molecule has 0 atom stereocenters. The molecule has 0 unspecified atom stereocenters. The van der Waals surface area contributed by atoms with Crippen LogP contribution in [0, 0.1) is 5.92 Å². The van der Waals surface area contributed by atoms with E-state index in [0.29, 0.717) is 44.4 Å². The van der Waals surface area contributed by atoms with Crippen LogP contribution in [0.15, 0.2) is 24.3 Å². The van der Waals surface area contributed by atoms with Gasteiger partial charge in [0.2, 0.25) is 5.91 Å². The van der Waals surface area contributed by atoms with Gasteiger partial charge in [0.15, 0.2) is 6.61 Å². The number of aliphatic carboxylic acids is 1. The molecule has 140 valence electrons. The number of carbonyl (C=O) groups excluding carboxylic acids is 2. The number of amides is 2. The first-order valence-electron chi connectivity index (χ1n) is 9.08. The van der Waals surface area contributed by atoms with E-state index < -0.39 is 5.97 Å². The molecule has 7 nitrogen and oxygen atoms in total. The monoisotopic (exact) mass is 360 g/mol. The molecule has 1 aliphatic heterocycles. The summed E-state index contributed by atoms with van der Waals surface area (Å²) in [6, 6.07) is 7.21. The van der Waals surface area contributed by atoms with Crippen molar-refractivity contribution < 1.29 is 24.2 Å². The Hall–Kier alpha value is -2.57. The van der Waals surface area contributed by atoms with Crippen LogP contribution in [0.3, 0.4) is 0 Å². The van der Waals surface area contributed by atoms with E-state index in [4.69, 9.17) is 9.84 Å². The van der Waals surface area contributed by atoms with Gasteiger partial charge in [-0.2, -0.15) is 0 Å². The Morgan fingerprint density at radius 1 is 1.23 bits per heavy atom. The number of hydrogen-bond acceptors (Lipinski definition) is 4. The Kier molecular flexibility index (Phi) is 5.75. The molecule has 2 amide bonds. The minimum Gasteiger partial charge on any atom is -0.484 e. The van der Waals surface area contributed by atoms with E-state index in [0.717, 1.165) is 12.1 Å². The number of rotatable bonds is 6. The summed E-state index contributed by atoms with van der Waals surface area (Å²) in [5, 5.41) is 11.9. The zero-order chi connectivity index (χ0) is 18.5. The Bertz CT molecular complexity index is 682. The van der Waals surface area contributed by atoms with Gasteiger partial charge in [-0.25, -0.2) is 0 Å². The van der Waals surface area contributed by atoms with E-state index in [-0.39, 0.29) is 30.4 Å². The van der Waals surface area contributed by atoms with Crippen LogP contribution in [0.25, 0.3) is 0 Å². The number of carboxylic acid groups (broad SMARTS) is 1. The van der Waals surface area contributed by atoms with Crippen molar-refractivity contribution in [3.05, 3.63) is 24.3 Å². The molecule has 1 heterocycles. The van der Waals surface area contributed by atoms with Crippen molar-refractivity contribution in [2.24, 2.45) is 5.92 Å². The van der Waals surface area contributed by atoms with Crippen molar-refractivity contribution in [1.82, 2.24) is 5.32 Å². The standard InChI is InChI=1S/C19H24N2O5/c22-17(20-14-8-6-13(7-9-14)19(24)25)12-26-16-4-1-3-15(11-16)21-10-2-5-18(21)23/h1,3-4,11,13-14H,2,5-10,12H2,(H,20,22)(H,24,25). The SMILES string of the molecule is O=C(COc1cccc(N2CCCC2=O)c1)NC1CCC(C(=O)O)CC1. The third kappa shape index (κ3) is 4.53. The molecule has 2 fully saturated rings. The van der Waals surface area contributed by atoms with Crippen molar-refractivity contribution in [3.8, 4) is 5.75 Å². The van der Waals surface area contributed by atoms with Gasteiger partial charge in [0.25, 0.3) is 5.91 Å². The van der Waals surface area contributed by atoms with E-state index in [1.807, 2.05) is 6.07 Å². The fourth-order valence-electron chi connectivity index (χ4n) is 3.57. The first-order chi connectivity index (χ1) is 12.5. The van der Waals surface area contributed by atoms with E-state index in [9.17, 15) is 14.4 Å². The van der Waals surface area contributed by atoms with Gasteiger partial charge >= 0.3 is 5.97 Å². The number of benzene rings is 1. The molecular weight excluding hydrogens is 336 g/mol. The Labute approximate surface area is 152 Å². The van der Waals surface area contributed by atoms with Crippen LogP contribution >= 0.6 is 0 Å². The van der Waals surface area contributed by atoms with Crippen LogP contribution in [0.4, 0.5) is 5.69 Å². The van der Waals surface area contributed by atoms with E-state index >= 15 is 0 Å². The number of anilines is 1. The third-order valence-corrected chi connectivity index (χ3v) is 5.01. The first-order valence-corrected chi connectivity index (χ1v) is 9.08. The van der Waals surface area contributed by atoms with Gasteiger partial charge in [-0.1, -0.05) is 6.07 Å². The Balaban J connectivity index is 1.46. The molecule has 1 aromatic carbocycles. The third-order valence-electron chi connectivity index (χ3n) is 5.01. The smallest absolute Gasteiger partial charge is 0.306 e. The van der Waals surface area contributed by atoms with E-state index in [1.54, 1.807) is 23.1 Å². The predicted molar refractivity (Wildman–Crippen MR) is 95.0 cm³/mol. The Morgan fingerprint density at radius 2 is 2.00 bits per heavy atom. The van der Waals surface area contributed by atoms with Crippen LogP contribution in [-0.4, -0.2) is 42.1 Å². The van der Waals surface area contributed by atoms with Gasteiger partial charge in [0.1, 0.15) is 5.75 Å². The van der Waals surface area contributed by atoms with E-state index in [1.165, 1.54) is 0 Å². The maximum atomic E-state index is 12.1. The maximum absolute atomic E-state index is 12.1. The fraction of sp³-hybridized carbons (Fsp3) is 0.526. The minimum absolute atomic E-state index is 0.00950. The van der Waals surface area contributed by atoms with Gasteiger partial charge in [-0.15, -0.1) is 0 Å². The molecule has 3 rings (SSSR count). The maximum Gasteiger partial charge on any atom is 0.306 e. The average Bonchev–Trinajstić information content (AvgIpc) is 3.07.